The van der Waals surface area contributed by atoms with E-state index < -0.39 is 10.5 Å². The lowest BCUT2D eigenvalue weighted by Crippen LogP contribution is -2.37. The topological polar surface area (TPSA) is 88.6 Å². The number of likely N-dealkylation sites (tertiary alicyclic amines) is 1. The van der Waals surface area contributed by atoms with E-state index in [4.69, 9.17) is 0 Å². The number of carbonyl (C=O) groups is 1. The fraction of sp³-hybridized carbons (Fsp3) is 0.368. The Bertz CT molecular complexity index is 926. The Balaban J connectivity index is 1.49. The van der Waals surface area contributed by atoms with Crippen molar-refractivity contribution in [3.8, 4) is 5.75 Å². The van der Waals surface area contributed by atoms with Crippen molar-refractivity contribution in [2.75, 3.05) is 18.4 Å². The van der Waals surface area contributed by atoms with E-state index in [1.54, 1.807) is 18.3 Å². The van der Waals surface area contributed by atoms with Crippen LogP contribution in [0.3, 0.4) is 0 Å². The molecule has 0 saturated carbocycles. The number of halogens is 1. The number of carbonyl (C=O) groups excluding carboxylic acids is 1. The SMILES string of the molecule is Cc1cccnc1NC(=O)C1CCN(Cc2ccc(OS(=O)(=O)F)cc2)CC1. The molecule has 1 fully saturated rings. The van der Waals surface area contributed by atoms with E-state index in [1.165, 1.54) is 12.1 Å². The van der Waals surface area contributed by atoms with E-state index in [0.29, 0.717) is 12.4 Å². The number of amides is 1. The molecule has 0 unspecified atom stereocenters. The zero-order chi connectivity index (χ0) is 20.1. The number of benzene rings is 1. The minimum Gasteiger partial charge on any atom is -0.358 e. The van der Waals surface area contributed by atoms with Crippen molar-refractivity contribution in [3.05, 3.63) is 53.7 Å². The van der Waals surface area contributed by atoms with Crippen molar-refractivity contribution in [1.82, 2.24) is 9.88 Å². The van der Waals surface area contributed by atoms with Gasteiger partial charge < -0.3 is 9.50 Å². The highest BCUT2D eigenvalue weighted by atomic mass is 32.3. The first kappa shape index (κ1) is 20.2. The van der Waals surface area contributed by atoms with Crippen molar-refractivity contribution < 1.29 is 21.3 Å². The molecule has 0 radical (unpaired) electrons. The molecule has 1 aromatic heterocycles. The molecule has 0 bridgehead atoms. The van der Waals surface area contributed by atoms with Gasteiger partial charge in [-0.1, -0.05) is 22.1 Å². The monoisotopic (exact) mass is 407 g/mol. The van der Waals surface area contributed by atoms with Crippen LogP contribution in [0.5, 0.6) is 5.75 Å². The Hall–Kier alpha value is -2.52. The lowest BCUT2D eigenvalue weighted by atomic mass is 9.95. The Kier molecular flexibility index (Phi) is 6.25. The van der Waals surface area contributed by atoms with Crippen LogP contribution in [0.4, 0.5) is 9.70 Å². The van der Waals surface area contributed by atoms with Gasteiger partial charge in [0.2, 0.25) is 5.91 Å². The van der Waals surface area contributed by atoms with Crippen molar-refractivity contribution in [2.24, 2.45) is 5.92 Å². The summed E-state index contributed by atoms with van der Waals surface area (Å²) in [6, 6.07) is 9.97. The summed E-state index contributed by atoms with van der Waals surface area (Å²) in [6.45, 7) is 4.12. The smallest absolute Gasteiger partial charge is 0.358 e. The van der Waals surface area contributed by atoms with Gasteiger partial charge in [-0.25, -0.2) is 4.98 Å². The predicted molar refractivity (Wildman–Crippen MR) is 103 cm³/mol. The molecule has 0 aliphatic carbocycles. The summed E-state index contributed by atoms with van der Waals surface area (Å²) in [5, 5.41) is 2.91. The van der Waals surface area contributed by atoms with Gasteiger partial charge in [0.15, 0.2) is 0 Å². The first-order valence-corrected chi connectivity index (χ1v) is 10.3. The first-order chi connectivity index (χ1) is 13.3. The molecule has 2 heterocycles. The Morgan fingerprint density at radius 2 is 1.93 bits per heavy atom. The predicted octanol–water partition coefficient (Wildman–Crippen LogP) is 2.83. The second-order valence-corrected chi connectivity index (χ2v) is 7.78. The van der Waals surface area contributed by atoms with Gasteiger partial charge in [-0.2, -0.15) is 8.42 Å². The van der Waals surface area contributed by atoms with Crippen LogP contribution in [0.2, 0.25) is 0 Å². The van der Waals surface area contributed by atoms with Gasteiger partial charge in [0.05, 0.1) is 0 Å². The van der Waals surface area contributed by atoms with Crippen LogP contribution in [0, 0.1) is 12.8 Å². The molecule has 9 heteroatoms. The molecular weight excluding hydrogens is 385 g/mol. The highest BCUT2D eigenvalue weighted by Crippen LogP contribution is 2.22. The van der Waals surface area contributed by atoms with Crippen molar-refractivity contribution >= 4 is 22.2 Å². The van der Waals surface area contributed by atoms with Crippen LogP contribution in [0.15, 0.2) is 42.6 Å². The summed E-state index contributed by atoms with van der Waals surface area (Å²) in [6.07, 6.45) is 3.16. The third-order valence-electron chi connectivity index (χ3n) is 4.73. The lowest BCUT2D eigenvalue weighted by Gasteiger charge is -2.31. The van der Waals surface area contributed by atoms with Crippen LogP contribution in [0.25, 0.3) is 0 Å². The standard InChI is InChI=1S/C19H22FN3O4S/c1-14-3-2-10-21-18(14)22-19(24)16-8-11-23(12-9-16)13-15-4-6-17(7-5-15)27-28(20,25)26/h2-7,10,16H,8-9,11-13H2,1H3,(H,21,22,24). The quantitative estimate of drug-likeness (QED) is 0.741. The molecule has 7 nitrogen and oxygen atoms in total. The molecule has 1 aliphatic heterocycles. The summed E-state index contributed by atoms with van der Waals surface area (Å²) < 4.78 is 37.7. The lowest BCUT2D eigenvalue weighted by molar-refractivity contribution is -0.121. The first-order valence-electron chi connectivity index (χ1n) is 8.98. The number of nitrogens with one attached hydrogen (secondary N) is 1. The van der Waals surface area contributed by atoms with E-state index in [9.17, 15) is 17.1 Å². The normalized spacial score (nSPS) is 15.9. The number of hydrogen-bond acceptors (Lipinski definition) is 6. The van der Waals surface area contributed by atoms with E-state index >= 15 is 0 Å². The molecule has 28 heavy (non-hydrogen) atoms. The van der Waals surface area contributed by atoms with E-state index in [0.717, 1.165) is 37.1 Å². The van der Waals surface area contributed by atoms with Crippen LogP contribution >= 0.6 is 0 Å². The molecule has 0 spiro atoms. The second kappa shape index (κ2) is 8.66. The van der Waals surface area contributed by atoms with Crippen molar-refractivity contribution in [3.63, 3.8) is 0 Å². The van der Waals surface area contributed by atoms with Crippen molar-refractivity contribution in [2.45, 2.75) is 26.3 Å². The molecule has 1 saturated heterocycles. The number of anilines is 1. The number of rotatable bonds is 6. The summed E-state index contributed by atoms with van der Waals surface area (Å²) in [4.78, 5) is 18.9. The van der Waals surface area contributed by atoms with Crippen LogP contribution in [0.1, 0.15) is 24.0 Å². The van der Waals surface area contributed by atoms with Gasteiger partial charge in [-0.3, -0.25) is 9.69 Å². The van der Waals surface area contributed by atoms with Crippen molar-refractivity contribution in [1.29, 1.82) is 0 Å². The fourth-order valence-electron chi connectivity index (χ4n) is 3.21. The third-order valence-corrected chi connectivity index (χ3v) is 5.13. The fourth-order valence-corrected chi connectivity index (χ4v) is 3.55. The van der Waals surface area contributed by atoms with Gasteiger partial charge in [0.1, 0.15) is 11.6 Å². The maximum Gasteiger partial charge on any atom is 0.488 e. The highest BCUT2D eigenvalue weighted by molar-refractivity contribution is 7.81. The molecule has 3 rings (SSSR count). The summed E-state index contributed by atoms with van der Waals surface area (Å²) >= 11 is 0. The molecular formula is C19H22FN3O4S. The minimum atomic E-state index is -5.01. The molecule has 1 aliphatic rings. The average Bonchev–Trinajstić information content (AvgIpc) is 2.64. The van der Waals surface area contributed by atoms with Crippen LogP contribution in [-0.4, -0.2) is 37.3 Å². The van der Waals surface area contributed by atoms with Gasteiger partial charge in [0, 0.05) is 18.7 Å². The van der Waals surface area contributed by atoms with Gasteiger partial charge >= 0.3 is 10.5 Å². The number of pyridine rings is 1. The van der Waals surface area contributed by atoms with E-state index in [1.807, 2.05) is 19.1 Å². The van der Waals surface area contributed by atoms with Gasteiger partial charge in [-0.05, 0) is 62.2 Å². The molecule has 1 N–H and O–H groups in total. The van der Waals surface area contributed by atoms with Crippen LogP contribution < -0.4 is 9.50 Å². The number of aromatic nitrogens is 1. The Morgan fingerprint density at radius 1 is 1.25 bits per heavy atom. The Morgan fingerprint density at radius 3 is 2.54 bits per heavy atom. The molecule has 2 aromatic rings. The summed E-state index contributed by atoms with van der Waals surface area (Å²) in [5.74, 6) is 0.484. The summed E-state index contributed by atoms with van der Waals surface area (Å²) in [5.41, 5.74) is 1.89. The number of hydrogen-bond donors (Lipinski definition) is 1. The van der Waals surface area contributed by atoms with Gasteiger partial charge in [-0.15, -0.1) is 0 Å². The summed E-state index contributed by atoms with van der Waals surface area (Å²) in [7, 11) is -5.01. The maximum atomic E-state index is 12.5. The molecule has 1 aromatic carbocycles. The second-order valence-electron chi connectivity index (χ2n) is 6.83. The minimum absolute atomic E-state index is 0.00427. The van der Waals surface area contributed by atoms with E-state index in [-0.39, 0.29) is 17.6 Å². The largest absolute Gasteiger partial charge is 0.488 e. The number of aryl methyl sites for hydroxylation is 1. The van der Waals surface area contributed by atoms with E-state index in [2.05, 4.69) is 19.4 Å². The Labute approximate surface area is 164 Å². The number of piperidine rings is 1. The average molecular weight is 407 g/mol. The zero-order valence-electron chi connectivity index (χ0n) is 15.5. The molecule has 150 valence electrons. The zero-order valence-corrected chi connectivity index (χ0v) is 16.3. The molecule has 1 amide bonds. The highest BCUT2D eigenvalue weighted by Gasteiger charge is 2.25. The van der Waals surface area contributed by atoms with Crippen LogP contribution in [-0.2, 0) is 21.8 Å². The molecule has 0 atom stereocenters. The van der Waals surface area contributed by atoms with Gasteiger partial charge in [0.25, 0.3) is 0 Å². The third kappa shape index (κ3) is 5.74. The maximum absolute atomic E-state index is 12.5. The number of nitrogens with zero attached hydrogens (tertiary/aromatic N) is 2.